The minimum absolute atomic E-state index is 0.120. The molecule has 2 aromatic rings. The molecular weight excluding hydrogens is 408 g/mol. The van der Waals surface area contributed by atoms with Crippen LogP contribution in [0.1, 0.15) is 50.6 Å². The van der Waals surface area contributed by atoms with Gasteiger partial charge in [-0.05, 0) is 47.5 Å². The fourth-order valence-electron chi connectivity index (χ4n) is 4.67. The summed E-state index contributed by atoms with van der Waals surface area (Å²) >= 11 is 0. The van der Waals surface area contributed by atoms with Crippen LogP contribution in [0.3, 0.4) is 0 Å². The molecule has 1 aliphatic rings. The summed E-state index contributed by atoms with van der Waals surface area (Å²) in [6.07, 6.45) is 1.64. The first kappa shape index (κ1) is 23.8. The number of aryl methyl sites for hydroxylation is 2. The minimum atomic E-state index is -0.322. The van der Waals surface area contributed by atoms with Crippen LogP contribution in [-0.4, -0.2) is 49.4 Å². The number of nitrogens with zero attached hydrogens (tertiary/aromatic N) is 6. The van der Waals surface area contributed by atoms with E-state index in [1.54, 1.807) is 4.57 Å². The van der Waals surface area contributed by atoms with Crippen molar-refractivity contribution < 1.29 is 4.79 Å². The van der Waals surface area contributed by atoms with Crippen LogP contribution in [0.4, 0.5) is 5.82 Å². The molecule has 0 radical (unpaired) electrons. The first-order valence-electron chi connectivity index (χ1n) is 11.6. The van der Waals surface area contributed by atoms with Crippen LogP contribution in [0.25, 0.3) is 0 Å². The van der Waals surface area contributed by atoms with Crippen molar-refractivity contribution in [2.24, 2.45) is 13.0 Å². The molecule has 1 atom stereocenters. The molecule has 0 bridgehead atoms. The Hall–Kier alpha value is -2.84. The molecule has 9 nitrogen and oxygen atoms in total. The van der Waals surface area contributed by atoms with Crippen molar-refractivity contribution in [2.75, 3.05) is 24.5 Å². The Labute approximate surface area is 189 Å². The number of anilines is 1. The van der Waals surface area contributed by atoms with Crippen LogP contribution in [0.15, 0.2) is 15.7 Å². The largest absolute Gasteiger partial charge is 0.357 e. The zero-order valence-corrected chi connectivity index (χ0v) is 20.2. The highest BCUT2D eigenvalue weighted by Gasteiger charge is 2.31. The standard InChI is InChI=1S/C23H36N6O3/c1-7-26(15-19-16(4)24-29(9-3)17(19)5)22(31)18-11-10-12-27(14-18)20-13-21(30)25(6)23(32)28(20)8-2/h13,18H,7-12,14-15H2,1-6H3. The fourth-order valence-corrected chi connectivity index (χ4v) is 4.67. The molecule has 32 heavy (non-hydrogen) atoms. The smallest absolute Gasteiger partial charge is 0.332 e. The van der Waals surface area contributed by atoms with Gasteiger partial charge in [-0.15, -0.1) is 0 Å². The number of carbonyl (C=O) groups is 1. The lowest BCUT2D eigenvalue weighted by atomic mass is 9.96. The van der Waals surface area contributed by atoms with Gasteiger partial charge in [-0.1, -0.05) is 0 Å². The molecule has 1 aliphatic heterocycles. The van der Waals surface area contributed by atoms with Gasteiger partial charge in [0.1, 0.15) is 5.82 Å². The zero-order chi connectivity index (χ0) is 23.6. The molecule has 1 saturated heterocycles. The number of carbonyl (C=O) groups excluding carboxylic acids is 1. The van der Waals surface area contributed by atoms with Crippen molar-refractivity contribution in [1.82, 2.24) is 23.8 Å². The third-order valence-electron chi connectivity index (χ3n) is 6.66. The number of rotatable bonds is 7. The van der Waals surface area contributed by atoms with E-state index in [2.05, 4.69) is 18.9 Å². The molecule has 0 N–H and O–H groups in total. The summed E-state index contributed by atoms with van der Waals surface area (Å²) in [5.74, 6) is 0.557. The molecule has 0 spiro atoms. The molecule has 3 heterocycles. The number of amides is 1. The Bertz CT molecular complexity index is 1100. The topological polar surface area (TPSA) is 85.4 Å². The van der Waals surface area contributed by atoms with Gasteiger partial charge in [0.05, 0.1) is 11.6 Å². The molecule has 0 aromatic carbocycles. The van der Waals surface area contributed by atoms with Gasteiger partial charge in [-0.25, -0.2) is 4.79 Å². The molecule has 1 amide bonds. The Morgan fingerprint density at radius 2 is 1.91 bits per heavy atom. The first-order valence-corrected chi connectivity index (χ1v) is 11.6. The van der Waals surface area contributed by atoms with E-state index in [1.807, 2.05) is 35.3 Å². The summed E-state index contributed by atoms with van der Waals surface area (Å²) in [5, 5.41) is 4.59. The third kappa shape index (κ3) is 4.38. The number of hydrogen-bond acceptors (Lipinski definition) is 5. The Kier molecular flexibility index (Phi) is 7.26. The molecular formula is C23H36N6O3. The van der Waals surface area contributed by atoms with Crippen LogP contribution in [-0.2, 0) is 31.5 Å². The summed E-state index contributed by atoms with van der Waals surface area (Å²) in [4.78, 5) is 42.3. The van der Waals surface area contributed by atoms with Gasteiger partial charge in [0.2, 0.25) is 5.91 Å². The highest BCUT2D eigenvalue weighted by Crippen LogP contribution is 2.25. The Morgan fingerprint density at radius 3 is 2.50 bits per heavy atom. The lowest BCUT2D eigenvalue weighted by Crippen LogP contribution is -2.47. The molecule has 0 saturated carbocycles. The van der Waals surface area contributed by atoms with Crippen LogP contribution in [0, 0.1) is 19.8 Å². The quantitative estimate of drug-likeness (QED) is 0.649. The van der Waals surface area contributed by atoms with E-state index >= 15 is 0 Å². The lowest BCUT2D eigenvalue weighted by Gasteiger charge is -2.36. The van der Waals surface area contributed by atoms with Gasteiger partial charge < -0.3 is 9.80 Å². The van der Waals surface area contributed by atoms with E-state index < -0.39 is 0 Å². The second-order valence-corrected chi connectivity index (χ2v) is 8.53. The fraction of sp³-hybridized carbons (Fsp3) is 0.652. The monoisotopic (exact) mass is 444 g/mol. The highest BCUT2D eigenvalue weighted by molar-refractivity contribution is 5.79. The Balaban J connectivity index is 1.83. The van der Waals surface area contributed by atoms with E-state index in [4.69, 9.17) is 0 Å². The summed E-state index contributed by atoms with van der Waals surface area (Å²) < 4.78 is 4.71. The summed E-state index contributed by atoms with van der Waals surface area (Å²) in [7, 11) is 1.49. The normalized spacial score (nSPS) is 16.4. The maximum absolute atomic E-state index is 13.5. The highest BCUT2D eigenvalue weighted by atomic mass is 16.2. The molecule has 1 unspecified atom stereocenters. The van der Waals surface area contributed by atoms with Crippen LogP contribution >= 0.6 is 0 Å². The van der Waals surface area contributed by atoms with Crippen molar-refractivity contribution in [3.63, 3.8) is 0 Å². The lowest BCUT2D eigenvalue weighted by molar-refractivity contribution is -0.136. The van der Waals surface area contributed by atoms with Gasteiger partial charge in [-0.2, -0.15) is 5.10 Å². The molecule has 0 aliphatic carbocycles. The van der Waals surface area contributed by atoms with Crippen molar-refractivity contribution in [1.29, 1.82) is 0 Å². The second-order valence-electron chi connectivity index (χ2n) is 8.53. The average molecular weight is 445 g/mol. The molecule has 3 rings (SSSR count). The number of aromatic nitrogens is 4. The van der Waals surface area contributed by atoms with Gasteiger partial charge >= 0.3 is 5.69 Å². The van der Waals surface area contributed by atoms with Gasteiger partial charge in [0, 0.05) is 63.6 Å². The molecule has 2 aromatic heterocycles. The SMILES string of the molecule is CCN(Cc1c(C)nn(CC)c1C)C(=O)C1CCCN(c2cc(=O)n(C)c(=O)n2CC)C1. The minimum Gasteiger partial charge on any atom is -0.357 e. The average Bonchev–Trinajstić information content (AvgIpc) is 3.07. The van der Waals surface area contributed by atoms with Crippen LogP contribution in [0.2, 0.25) is 0 Å². The predicted molar refractivity (Wildman–Crippen MR) is 125 cm³/mol. The molecule has 1 fully saturated rings. The van der Waals surface area contributed by atoms with E-state index in [0.29, 0.717) is 32.0 Å². The van der Waals surface area contributed by atoms with E-state index in [9.17, 15) is 14.4 Å². The van der Waals surface area contributed by atoms with Crippen LogP contribution < -0.4 is 16.1 Å². The van der Waals surface area contributed by atoms with E-state index in [-0.39, 0.29) is 23.1 Å². The van der Waals surface area contributed by atoms with Gasteiger partial charge in [-0.3, -0.25) is 23.4 Å². The van der Waals surface area contributed by atoms with Crippen LogP contribution in [0.5, 0.6) is 0 Å². The van der Waals surface area contributed by atoms with E-state index in [1.165, 1.54) is 13.1 Å². The number of piperidine rings is 1. The third-order valence-corrected chi connectivity index (χ3v) is 6.66. The van der Waals surface area contributed by atoms with E-state index in [0.717, 1.165) is 47.4 Å². The second kappa shape index (κ2) is 9.75. The van der Waals surface area contributed by atoms with Gasteiger partial charge in [0.15, 0.2) is 0 Å². The summed E-state index contributed by atoms with van der Waals surface area (Å²) in [6.45, 7) is 13.7. The number of hydrogen-bond donors (Lipinski definition) is 0. The zero-order valence-electron chi connectivity index (χ0n) is 20.2. The summed E-state index contributed by atoms with van der Waals surface area (Å²) in [6, 6.07) is 1.52. The maximum atomic E-state index is 13.5. The predicted octanol–water partition coefficient (Wildman–Crippen LogP) is 1.67. The first-order chi connectivity index (χ1) is 15.2. The summed E-state index contributed by atoms with van der Waals surface area (Å²) in [5.41, 5.74) is 2.54. The van der Waals surface area contributed by atoms with Crippen molar-refractivity contribution in [2.45, 2.75) is 67.1 Å². The molecule has 176 valence electrons. The van der Waals surface area contributed by atoms with Gasteiger partial charge in [0.25, 0.3) is 5.56 Å². The van der Waals surface area contributed by atoms with Crippen molar-refractivity contribution >= 4 is 11.7 Å². The van der Waals surface area contributed by atoms with Crippen molar-refractivity contribution in [3.05, 3.63) is 43.9 Å². The maximum Gasteiger partial charge on any atom is 0.332 e. The van der Waals surface area contributed by atoms with Crippen molar-refractivity contribution in [3.8, 4) is 0 Å². The molecule has 9 heteroatoms. The Morgan fingerprint density at radius 1 is 1.19 bits per heavy atom.